The van der Waals surface area contributed by atoms with E-state index in [1.54, 1.807) is 6.07 Å². The highest BCUT2D eigenvalue weighted by atomic mass is 79.9. The quantitative estimate of drug-likeness (QED) is 0.109. The highest BCUT2D eigenvalue weighted by Crippen LogP contribution is 2.51. The summed E-state index contributed by atoms with van der Waals surface area (Å²) in [6, 6.07) is 22.8. The summed E-state index contributed by atoms with van der Waals surface area (Å²) in [5, 5.41) is 43.1. The van der Waals surface area contributed by atoms with E-state index in [-0.39, 0.29) is 34.5 Å². The third-order valence-electron chi connectivity index (χ3n) is 10.8. The van der Waals surface area contributed by atoms with E-state index < -0.39 is 16.2 Å². The van der Waals surface area contributed by atoms with E-state index in [4.69, 9.17) is 9.47 Å². The molecule has 6 aromatic carbocycles. The van der Waals surface area contributed by atoms with Gasteiger partial charge < -0.3 is 29.9 Å². The van der Waals surface area contributed by atoms with Crippen LogP contribution < -0.4 is 9.47 Å². The second-order valence-corrected chi connectivity index (χ2v) is 24.3. The molecule has 0 unspecified atom stereocenters. The minimum Gasteiger partial charge on any atom is -0.506 e. The van der Waals surface area contributed by atoms with Gasteiger partial charge >= 0.3 is 0 Å². The highest BCUT2D eigenvalue weighted by Gasteiger charge is 2.32. The number of phenols is 4. The fourth-order valence-corrected chi connectivity index (χ4v) is 12.6. The number of rotatable bonds is 10. The van der Waals surface area contributed by atoms with Crippen LogP contribution in [0.2, 0.25) is 0 Å². The van der Waals surface area contributed by atoms with E-state index in [1.165, 1.54) is 0 Å². The van der Waals surface area contributed by atoms with Gasteiger partial charge in [0.1, 0.15) is 11.5 Å². The Bertz CT molecular complexity index is 2660. The van der Waals surface area contributed by atoms with Crippen molar-refractivity contribution in [1.82, 2.24) is 0 Å². The number of benzene rings is 6. The van der Waals surface area contributed by atoms with E-state index in [9.17, 15) is 20.4 Å². The summed E-state index contributed by atoms with van der Waals surface area (Å²) >= 11 is 35.8. The number of phenolic OH excluding ortho intramolecular Hbond substituents is 4. The number of hydrogen-bond acceptors (Lipinski definition) is 6. The SMILES string of the molecule is CC(C)(c1cc(Br)c(O)c(Br)c1)c1cc(Br)c(Oc2cc(C(C)(C)c3cc(Br)c(Oc4cc(C(C)(C)c5cc(Br)c(O)c(Br)c5)cc(Br)c4O)c(Br)c3)cc(Br)c2O)c(Br)c1. The maximum absolute atomic E-state index is 11.3. The zero-order valence-electron chi connectivity index (χ0n) is 32.8. The first kappa shape index (κ1) is 49.4. The van der Waals surface area contributed by atoms with Crippen molar-refractivity contribution in [3.63, 3.8) is 0 Å². The van der Waals surface area contributed by atoms with Gasteiger partial charge in [-0.1, -0.05) is 41.5 Å². The molecular formula is C45H34Br10O6. The lowest BCUT2D eigenvalue weighted by Gasteiger charge is -2.29. The molecule has 6 nitrogen and oxygen atoms in total. The zero-order valence-corrected chi connectivity index (χ0v) is 48.7. The third-order valence-corrected chi connectivity index (χ3v) is 16.8. The summed E-state index contributed by atoms with van der Waals surface area (Å²) < 4.78 is 18.7. The molecule has 0 aliphatic heterocycles. The number of hydrogen-bond donors (Lipinski definition) is 4. The van der Waals surface area contributed by atoms with Gasteiger partial charge in [0.25, 0.3) is 0 Å². The van der Waals surface area contributed by atoms with E-state index in [1.807, 2.05) is 66.7 Å². The zero-order chi connectivity index (χ0) is 45.3. The van der Waals surface area contributed by atoms with Crippen molar-refractivity contribution in [2.75, 3.05) is 0 Å². The smallest absolute Gasteiger partial charge is 0.172 e. The second kappa shape index (κ2) is 18.7. The lowest BCUT2D eigenvalue weighted by Crippen LogP contribution is -2.20. The van der Waals surface area contributed by atoms with Gasteiger partial charge in [0, 0.05) is 16.2 Å². The highest BCUT2D eigenvalue weighted by molar-refractivity contribution is 9.12. The second-order valence-electron chi connectivity index (χ2n) is 15.8. The van der Waals surface area contributed by atoms with E-state index >= 15 is 0 Å². The molecule has 6 aromatic rings. The van der Waals surface area contributed by atoms with Gasteiger partial charge in [0.05, 0.1) is 44.7 Å². The minimum atomic E-state index is -0.630. The Balaban J connectivity index is 1.31. The summed E-state index contributed by atoms with van der Waals surface area (Å²) in [7, 11) is 0. The van der Waals surface area contributed by atoms with Gasteiger partial charge in [-0.2, -0.15) is 0 Å². The fourth-order valence-electron chi connectivity index (χ4n) is 6.63. The molecule has 0 fully saturated rings. The Morgan fingerprint density at radius 1 is 0.295 bits per heavy atom. The van der Waals surface area contributed by atoms with Crippen molar-refractivity contribution in [3.05, 3.63) is 151 Å². The molecule has 61 heavy (non-hydrogen) atoms. The van der Waals surface area contributed by atoms with Gasteiger partial charge in [-0.05, 0) is 265 Å². The largest absolute Gasteiger partial charge is 0.506 e. The summed E-state index contributed by atoms with van der Waals surface area (Å²) in [5.41, 5.74) is 3.81. The Labute approximate surface area is 438 Å². The molecule has 0 aliphatic carbocycles. The van der Waals surface area contributed by atoms with Crippen molar-refractivity contribution in [2.45, 2.75) is 57.8 Å². The van der Waals surface area contributed by atoms with E-state index in [2.05, 4.69) is 201 Å². The average molecular weight is 1470 g/mol. The number of halogens is 10. The maximum atomic E-state index is 11.3. The molecular weight excluding hydrogens is 1440 g/mol. The Hall–Kier alpha value is -1.08. The van der Waals surface area contributed by atoms with Crippen LogP contribution in [0.4, 0.5) is 0 Å². The van der Waals surface area contributed by atoms with Crippen LogP contribution in [-0.2, 0) is 16.2 Å². The standard InChI is InChI=1S/C45H34Br10O6/c1-43(2,19-7-25(46)37(56)26(47)8-19)21-13-31(52)41(32(53)14-21)61-36-18-24(12-30(51)40(36)59)45(5,6)22-15-33(54)42(34(55)16-22)60-35-17-23(11-29(50)39(35)58)44(3,4)20-9-27(48)38(57)28(49)10-20/h7-18,56-59H,1-6H3. The third kappa shape index (κ3) is 9.89. The van der Waals surface area contributed by atoms with Crippen LogP contribution in [0.1, 0.15) is 74.9 Å². The van der Waals surface area contributed by atoms with Crippen LogP contribution in [0, 0.1) is 0 Å². The van der Waals surface area contributed by atoms with Crippen molar-refractivity contribution in [3.8, 4) is 46.0 Å². The van der Waals surface area contributed by atoms with Gasteiger partial charge in [0.15, 0.2) is 34.5 Å². The van der Waals surface area contributed by atoms with Crippen LogP contribution in [0.25, 0.3) is 0 Å². The molecule has 0 atom stereocenters. The van der Waals surface area contributed by atoms with Crippen LogP contribution in [0.3, 0.4) is 0 Å². The predicted molar refractivity (Wildman–Crippen MR) is 279 cm³/mol. The first-order chi connectivity index (χ1) is 28.2. The molecule has 0 heterocycles. The normalized spacial score (nSPS) is 12.2. The Kier molecular flexibility index (Phi) is 15.1. The van der Waals surface area contributed by atoms with Crippen molar-refractivity contribution in [2.24, 2.45) is 0 Å². The van der Waals surface area contributed by atoms with Crippen molar-refractivity contribution < 1.29 is 29.9 Å². The minimum absolute atomic E-state index is 0.0604. The van der Waals surface area contributed by atoms with Crippen LogP contribution in [-0.4, -0.2) is 20.4 Å². The predicted octanol–water partition coefficient (Wildman–Crippen LogP) is 18.7. The molecule has 6 rings (SSSR count). The van der Waals surface area contributed by atoms with Gasteiger partial charge in [-0.3, -0.25) is 0 Å². The molecule has 0 spiro atoms. The Morgan fingerprint density at radius 2 is 0.475 bits per heavy atom. The van der Waals surface area contributed by atoms with Crippen molar-refractivity contribution >= 4 is 159 Å². The molecule has 0 radical (unpaired) electrons. The van der Waals surface area contributed by atoms with Gasteiger partial charge in [-0.25, -0.2) is 0 Å². The van der Waals surface area contributed by atoms with Crippen molar-refractivity contribution in [1.29, 1.82) is 0 Å². The van der Waals surface area contributed by atoms with Crippen LogP contribution in [0.5, 0.6) is 46.0 Å². The molecule has 320 valence electrons. The van der Waals surface area contributed by atoms with Gasteiger partial charge in [-0.15, -0.1) is 0 Å². The van der Waals surface area contributed by atoms with Crippen LogP contribution >= 0.6 is 159 Å². The first-order valence-electron chi connectivity index (χ1n) is 18.0. The Morgan fingerprint density at radius 3 is 0.705 bits per heavy atom. The molecule has 0 saturated carbocycles. The number of aromatic hydroxyl groups is 4. The summed E-state index contributed by atoms with van der Waals surface area (Å²) in [6.07, 6.45) is 0. The molecule has 0 amide bonds. The molecule has 0 aromatic heterocycles. The van der Waals surface area contributed by atoms with E-state index in [0.717, 1.165) is 33.4 Å². The molecule has 16 heteroatoms. The molecule has 0 aliphatic rings. The summed E-state index contributed by atoms with van der Waals surface area (Å²) in [5.74, 6) is 1.53. The topological polar surface area (TPSA) is 99.4 Å². The van der Waals surface area contributed by atoms with Gasteiger partial charge in [0.2, 0.25) is 0 Å². The fraction of sp³-hybridized carbons (Fsp3) is 0.200. The lowest BCUT2D eigenvalue weighted by molar-refractivity contribution is 0.403. The number of ether oxygens (including phenoxy) is 2. The molecule has 0 bridgehead atoms. The maximum Gasteiger partial charge on any atom is 0.172 e. The summed E-state index contributed by atoms with van der Waals surface area (Å²) in [6.45, 7) is 12.4. The average Bonchev–Trinajstić information content (AvgIpc) is 3.17. The monoisotopic (exact) mass is 1460 g/mol. The first-order valence-corrected chi connectivity index (χ1v) is 26.0. The lowest BCUT2D eigenvalue weighted by atomic mass is 9.78. The molecule has 4 N–H and O–H groups in total. The van der Waals surface area contributed by atoms with E-state index in [0.29, 0.717) is 56.2 Å². The molecule has 0 saturated heterocycles. The van der Waals surface area contributed by atoms with Crippen LogP contribution in [0.15, 0.2) is 118 Å². The summed E-state index contributed by atoms with van der Waals surface area (Å²) in [4.78, 5) is 0.